The number of anilines is 1. The van der Waals surface area contributed by atoms with Gasteiger partial charge in [0.2, 0.25) is 0 Å². The van der Waals surface area contributed by atoms with Crippen LogP contribution in [0.1, 0.15) is 0 Å². The summed E-state index contributed by atoms with van der Waals surface area (Å²) in [6, 6.07) is 12.9. The maximum Gasteiger partial charge on any atom is 0.197 e. The number of H-pyrrole nitrogens is 1. The summed E-state index contributed by atoms with van der Waals surface area (Å²) in [6.45, 7) is 0. The Morgan fingerprint density at radius 2 is 1.91 bits per heavy atom. The number of benzene rings is 2. The van der Waals surface area contributed by atoms with Crippen molar-refractivity contribution in [3.8, 4) is 0 Å². The van der Waals surface area contributed by atoms with Gasteiger partial charge in [-0.2, -0.15) is 0 Å². The first kappa shape index (κ1) is 15.3. The van der Waals surface area contributed by atoms with E-state index in [2.05, 4.69) is 15.7 Å². The van der Waals surface area contributed by atoms with Crippen LogP contribution in [0.5, 0.6) is 0 Å². The summed E-state index contributed by atoms with van der Waals surface area (Å²) in [5.41, 5.74) is 5.52. The Labute approximate surface area is 147 Å². The predicted octanol–water partition coefficient (Wildman–Crippen LogP) is 4.95. The predicted molar refractivity (Wildman–Crippen MR) is 99.2 cm³/mol. The molecule has 2 aromatic carbocycles. The number of halogens is 2. The van der Waals surface area contributed by atoms with Crippen molar-refractivity contribution in [1.82, 2.24) is 9.66 Å². The minimum atomic E-state index is 0.366. The molecule has 0 saturated carbocycles. The summed E-state index contributed by atoms with van der Waals surface area (Å²) < 4.78 is 2.22. The summed E-state index contributed by atoms with van der Waals surface area (Å²) in [6.07, 6.45) is 0. The van der Waals surface area contributed by atoms with Gasteiger partial charge in [-0.15, -0.1) is 0 Å². The molecule has 3 aromatic rings. The fourth-order valence-corrected chi connectivity index (χ4v) is 2.92. The number of hydrogen-bond acceptors (Lipinski definition) is 2. The van der Waals surface area contributed by atoms with Gasteiger partial charge in [-0.3, -0.25) is 5.43 Å². The fraction of sp³-hybridized carbons (Fsp3) is 0. The molecule has 0 aliphatic carbocycles. The Balaban J connectivity index is 1.84. The van der Waals surface area contributed by atoms with E-state index in [0.29, 0.717) is 25.6 Å². The molecule has 0 fully saturated rings. The Morgan fingerprint density at radius 3 is 2.68 bits per heavy atom. The van der Waals surface area contributed by atoms with E-state index in [1.54, 1.807) is 22.9 Å². The number of aromatic amines is 1. The Hall–Kier alpha value is -1.60. The average molecular weight is 369 g/mol. The topological polar surface area (TPSA) is 44.8 Å². The number of nitrogens with zero attached hydrogens (tertiary/aromatic N) is 1. The smallest absolute Gasteiger partial charge is 0.197 e. The highest BCUT2D eigenvalue weighted by Gasteiger charge is 2.07. The van der Waals surface area contributed by atoms with E-state index in [1.807, 2.05) is 24.3 Å². The number of aromatic nitrogens is 2. The highest BCUT2D eigenvalue weighted by Crippen LogP contribution is 2.25. The van der Waals surface area contributed by atoms with E-state index in [1.165, 1.54) is 0 Å². The van der Waals surface area contributed by atoms with Crippen molar-refractivity contribution >= 4 is 69.5 Å². The van der Waals surface area contributed by atoms with Gasteiger partial charge >= 0.3 is 0 Å². The molecule has 0 atom stereocenters. The third-order valence-electron chi connectivity index (χ3n) is 2.98. The standard InChI is InChI=1S/C14H10Cl2N4S2/c15-8-5-6-10(9(16)7-8)17-13(21)19-20-12-4-2-1-3-11(12)18-14(20)22/h1-7H,(H,18,22)(H2,17,19,21). The second-order valence-electron chi connectivity index (χ2n) is 4.47. The summed E-state index contributed by atoms with van der Waals surface area (Å²) in [5, 5.41) is 4.43. The zero-order valence-electron chi connectivity index (χ0n) is 11.1. The van der Waals surface area contributed by atoms with Gasteiger partial charge < -0.3 is 10.3 Å². The molecule has 1 heterocycles. The summed E-state index contributed by atoms with van der Waals surface area (Å²) in [7, 11) is 0. The van der Waals surface area contributed by atoms with Crippen molar-refractivity contribution < 1.29 is 0 Å². The molecule has 0 radical (unpaired) electrons. The van der Waals surface area contributed by atoms with Crippen LogP contribution in [-0.2, 0) is 0 Å². The number of para-hydroxylation sites is 2. The van der Waals surface area contributed by atoms with E-state index in [9.17, 15) is 0 Å². The summed E-state index contributed by atoms with van der Waals surface area (Å²) in [4.78, 5) is 3.10. The Morgan fingerprint density at radius 1 is 1.14 bits per heavy atom. The number of thiocarbonyl (C=S) groups is 1. The Kier molecular flexibility index (Phi) is 4.35. The molecule has 4 nitrogen and oxygen atoms in total. The number of hydrogen-bond donors (Lipinski definition) is 3. The van der Waals surface area contributed by atoms with Gasteiger partial charge in [0.05, 0.1) is 21.7 Å². The highest BCUT2D eigenvalue weighted by molar-refractivity contribution is 7.80. The molecule has 1 aromatic heterocycles. The molecule has 0 bridgehead atoms. The summed E-state index contributed by atoms with van der Waals surface area (Å²) >= 11 is 22.6. The van der Waals surface area contributed by atoms with Crippen LogP contribution in [0.2, 0.25) is 10.0 Å². The number of nitrogens with one attached hydrogen (secondary N) is 3. The van der Waals surface area contributed by atoms with Gasteiger partial charge in [-0.05, 0) is 54.8 Å². The zero-order chi connectivity index (χ0) is 15.7. The molecular formula is C14H10Cl2N4S2. The lowest BCUT2D eigenvalue weighted by Gasteiger charge is -2.13. The molecule has 0 aliphatic heterocycles. The third-order valence-corrected chi connectivity index (χ3v) is 4.01. The van der Waals surface area contributed by atoms with E-state index in [0.717, 1.165) is 11.0 Å². The molecule has 0 aliphatic rings. The van der Waals surface area contributed by atoms with Crippen LogP contribution in [0.15, 0.2) is 42.5 Å². The number of rotatable bonds is 2. The van der Waals surface area contributed by atoms with Crippen LogP contribution in [-0.4, -0.2) is 14.8 Å². The van der Waals surface area contributed by atoms with Crippen molar-refractivity contribution in [2.45, 2.75) is 0 Å². The SMILES string of the molecule is S=C(Nc1ccc(Cl)cc1Cl)Nn1c(=S)[nH]c2ccccc21. The van der Waals surface area contributed by atoms with Gasteiger partial charge in [0.15, 0.2) is 9.88 Å². The van der Waals surface area contributed by atoms with Crippen LogP contribution in [0.25, 0.3) is 11.0 Å². The largest absolute Gasteiger partial charge is 0.330 e. The summed E-state index contributed by atoms with van der Waals surface area (Å²) in [5.74, 6) is 0. The maximum atomic E-state index is 6.11. The number of fused-ring (bicyclic) bond motifs is 1. The molecule has 22 heavy (non-hydrogen) atoms. The van der Waals surface area contributed by atoms with E-state index in [4.69, 9.17) is 47.6 Å². The second-order valence-corrected chi connectivity index (χ2v) is 6.11. The van der Waals surface area contributed by atoms with Crippen LogP contribution in [0.4, 0.5) is 5.69 Å². The molecule has 0 amide bonds. The number of imidazole rings is 1. The molecule has 0 unspecified atom stereocenters. The van der Waals surface area contributed by atoms with Gasteiger partial charge in [0.1, 0.15) is 0 Å². The van der Waals surface area contributed by atoms with Gasteiger partial charge in [-0.1, -0.05) is 35.3 Å². The van der Waals surface area contributed by atoms with Crippen molar-refractivity contribution in [1.29, 1.82) is 0 Å². The van der Waals surface area contributed by atoms with E-state index in [-0.39, 0.29) is 0 Å². The lowest BCUT2D eigenvalue weighted by molar-refractivity contribution is 0.988. The first-order chi connectivity index (χ1) is 10.5. The normalized spacial score (nSPS) is 10.6. The minimum absolute atomic E-state index is 0.366. The monoisotopic (exact) mass is 368 g/mol. The molecular weight excluding hydrogens is 359 g/mol. The lowest BCUT2D eigenvalue weighted by Crippen LogP contribution is -2.27. The van der Waals surface area contributed by atoms with Gasteiger partial charge in [-0.25, -0.2) is 4.68 Å². The van der Waals surface area contributed by atoms with Crippen LogP contribution >= 0.6 is 47.6 Å². The minimum Gasteiger partial charge on any atom is -0.330 e. The third kappa shape index (κ3) is 3.10. The van der Waals surface area contributed by atoms with Crippen molar-refractivity contribution in [2.75, 3.05) is 10.7 Å². The molecule has 3 N–H and O–H groups in total. The van der Waals surface area contributed by atoms with Crippen molar-refractivity contribution in [3.63, 3.8) is 0 Å². The van der Waals surface area contributed by atoms with Crippen LogP contribution < -0.4 is 10.7 Å². The first-order valence-electron chi connectivity index (χ1n) is 6.27. The quantitative estimate of drug-likeness (QED) is 0.560. The molecule has 3 rings (SSSR count). The average Bonchev–Trinajstić information content (AvgIpc) is 2.78. The fourth-order valence-electron chi connectivity index (χ4n) is 2.01. The van der Waals surface area contributed by atoms with Crippen LogP contribution in [0, 0.1) is 4.77 Å². The van der Waals surface area contributed by atoms with Crippen molar-refractivity contribution in [3.05, 3.63) is 57.3 Å². The highest BCUT2D eigenvalue weighted by atomic mass is 35.5. The van der Waals surface area contributed by atoms with Gasteiger partial charge in [0.25, 0.3) is 0 Å². The second kappa shape index (κ2) is 6.26. The first-order valence-corrected chi connectivity index (χ1v) is 7.84. The Bertz CT molecular complexity index is 917. The lowest BCUT2D eigenvalue weighted by atomic mass is 10.3. The molecule has 0 spiro atoms. The van der Waals surface area contributed by atoms with Crippen LogP contribution in [0.3, 0.4) is 0 Å². The van der Waals surface area contributed by atoms with E-state index < -0.39 is 0 Å². The van der Waals surface area contributed by atoms with Crippen molar-refractivity contribution in [2.24, 2.45) is 0 Å². The van der Waals surface area contributed by atoms with E-state index >= 15 is 0 Å². The zero-order valence-corrected chi connectivity index (χ0v) is 14.2. The molecule has 112 valence electrons. The maximum absolute atomic E-state index is 6.11. The molecule has 8 heteroatoms. The van der Waals surface area contributed by atoms with Gasteiger partial charge in [0, 0.05) is 5.02 Å². The molecule has 0 saturated heterocycles.